The molecule has 1 aromatic heterocycles. The molecule has 3 rings (SSSR count). The van der Waals surface area contributed by atoms with Crippen LogP contribution in [0.15, 0.2) is 53.3 Å². The van der Waals surface area contributed by atoms with Gasteiger partial charge in [-0.1, -0.05) is 24.3 Å². The summed E-state index contributed by atoms with van der Waals surface area (Å²) in [5.74, 6) is 0.314. The molecule has 0 bridgehead atoms. The number of hydrogen-bond acceptors (Lipinski definition) is 2. The number of rotatable bonds is 3. The van der Waals surface area contributed by atoms with Gasteiger partial charge in [-0.05, 0) is 42.3 Å². The molecule has 1 heterocycles. The number of aromatic amines is 1. The maximum atomic E-state index is 12.9. The third-order valence-corrected chi connectivity index (χ3v) is 3.28. The summed E-state index contributed by atoms with van der Waals surface area (Å²) in [6.45, 7) is 1.97. The third kappa shape index (κ3) is 2.76. The van der Waals surface area contributed by atoms with Crippen molar-refractivity contribution in [3.05, 3.63) is 81.8 Å². The van der Waals surface area contributed by atoms with Crippen molar-refractivity contribution in [1.82, 2.24) is 14.8 Å². The molecule has 0 aliphatic rings. The highest BCUT2D eigenvalue weighted by atomic mass is 19.1. The van der Waals surface area contributed by atoms with Gasteiger partial charge in [0.2, 0.25) is 0 Å². The zero-order valence-corrected chi connectivity index (χ0v) is 11.5. The van der Waals surface area contributed by atoms with Gasteiger partial charge in [-0.2, -0.15) is 5.10 Å². The van der Waals surface area contributed by atoms with Crippen LogP contribution in [0.4, 0.5) is 4.39 Å². The van der Waals surface area contributed by atoms with Crippen LogP contribution in [0.5, 0.6) is 0 Å². The molecule has 0 saturated carbocycles. The molecule has 0 aliphatic carbocycles. The molecule has 3 aromatic rings. The maximum absolute atomic E-state index is 12.9. The van der Waals surface area contributed by atoms with Crippen LogP contribution >= 0.6 is 0 Å². The maximum Gasteiger partial charge on any atom is 0.347 e. The van der Waals surface area contributed by atoms with Gasteiger partial charge in [0.25, 0.3) is 0 Å². The Balaban J connectivity index is 2.01. The molecule has 1 N–H and O–H groups in total. The van der Waals surface area contributed by atoms with Crippen LogP contribution < -0.4 is 5.69 Å². The fourth-order valence-corrected chi connectivity index (χ4v) is 2.27. The highest BCUT2D eigenvalue weighted by Crippen LogP contribution is 2.13. The van der Waals surface area contributed by atoms with Gasteiger partial charge in [-0.3, -0.25) is 0 Å². The molecule has 106 valence electrons. The van der Waals surface area contributed by atoms with E-state index in [1.165, 1.54) is 16.7 Å². The second kappa shape index (κ2) is 5.36. The van der Waals surface area contributed by atoms with Crippen molar-refractivity contribution in [2.24, 2.45) is 0 Å². The quantitative estimate of drug-likeness (QED) is 0.803. The van der Waals surface area contributed by atoms with Crippen molar-refractivity contribution in [3.8, 4) is 5.69 Å². The molecular weight excluding hydrogens is 269 g/mol. The fraction of sp³-hybridized carbons (Fsp3) is 0.125. The Hall–Kier alpha value is -2.69. The van der Waals surface area contributed by atoms with Gasteiger partial charge in [-0.15, -0.1) is 0 Å². The number of aryl methyl sites for hydroxylation is 1. The van der Waals surface area contributed by atoms with Crippen LogP contribution in [0.2, 0.25) is 0 Å². The molecule has 0 unspecified atom stereocenters. The zero-order valence-electron chi connectivity index (χ0n) is 11.5. The Morgan fingerprint density at radius 3 is 2.67 bits per heavy atom. The summed E-state index contributed by atoms with van der Waals surface area (Å²) in [5.41, 5.74) is 2.45. The lowest BCUT2D eigenvalue weighted by Gasteiger charge is -2.06. The van der Waals surface area contributed by atoms with E-state index < -0.39 is 0 Å². The van der Waals surface area contributed by atoms with Gasteiger partial charge in [0, 0.05) is 6.42 Å². The number of aromatic nitrogens is 3. The van der Waals surface area contributed by atoms with Gasteiger partial charge >= 0.3 is 5.69 Å². The topological polar surface area (TPSA) is 50.7 Å². The zero-order chi connectivity index (χ0) is 14.8. The minimum Gasteiger partial charge on any atom is -0.247 e. The first-order chi connectivity index (χ1) is 10.1. The molecule has 0 amide bonds. The van der Waals surface area contributed by atoms with Crippen molar-refractivity contribution < 1.29 is 4.39 Å². The molecule has 0 aliphatic heterocycles. The average molecular weight is 283 g/mol. The Labute approximate surface area is 120 Å². The number of halogens is 1. The summed E-state index contributed by atoms with van der Waals surface area (Å²) in [5, 5.41) is 6.54. The Bertz CT molecular complexity index is 818. The lowest BCUT2D eigenvalue weighted by atomic mass is 10.1. The second-order valence-corrected chi connectivity index (χ2v) is 4.92. The predicted octanol–water partition coefficient (Wildman–Crippen LogP) is 2.60. The summed E-state index contributed by atoms with van der Waals surface area (Å²) in [4.78, 5) is 12.0. The van der Waals surface area contributed by atoms with E-state index in [9.17, 15) is 9.18 Å². The number of nitrogens with one attached hydrogen (secondary N) is 1. The SMILES string of the molecule is Cc1cccc(-n2c(Cc3ccc(F)cc3)n[nH]c2=O)c1. The molecule has 0 radical (unpaired) electrons. The van der Waals surface area contributed by atoms with E-state index in [-0.39, 0.29) is 11.5 Å². The molecule has 4 nitrogen and oxygen atoms in total. The van der Waals surface area contributed by atoms with Crippen LogP contribution in [0.1, 0.15) is 17.0 Å². The first kappa shape index (κ1) is 13.3. The lowest BCUT2D eigenvalue weighted by Crippen LogP contribution is -2.17. The summed E-state index contributed by atoms with van der Waals surface area (Å²) in [6, 6.07) is 13.8. The number of hydrogen-bond donors (Lipinski definition) is 1. The van der Waals surface area contributed by atoms with Gasteiger partial charge in [-0.25, -0.2) is 18.9 Å². The highest BCUT2D eigenvalue weighted by molar-refractivity contribution is 5.36. The second-order valence-electron chi connectivity index (χ2n) is 4.92. The molecule has 2 aromatic carbocycles. The smallest absolute Gasteiger partial charge is 0.247 e. The molecule has 0 fully saturated rings. The molecule has 0 atom stereocenters. The average Bonchev–Trinajstić information content (AvgIpc) is 2.82. The summed E-state index contributed by atoms with van der Waals surface area (Å²) in [6.07, 6.45) is 0.451. The lowest BCUT2D eigenvalue weighted by molar-refractivity contribution is 0.627. The van der Waals surface area contributed by atoms with E-state index in [1.807, 2.05) is 31.2 Å². The van der Waals surface area contributed by atoms with Crippen LogP contribution in [-0.4, -0.2) is 14.8 Å². The summed E-state index contributed by atoms with van der Waals surface area (Å²) < 4.78 is 14.5. The predicted molar refractivity (Wildman–Crippen MR) is 78.1 cm³/mol. The normalized spacial score (nSPS) is 10.8. The highest BCUT2D eigenvalue weighted by Gasteiger charge is 2.11. The van der Waals surface area contributed by atoms with E-state index in [1.54, 1.807) is 12.1 Å². The van der Waals surface area contributed by atoms with E-state index in [0.717, 1.165) is 16.8 Å². The first-order valence-electron chi connectivity index (χ1n) is 6.61. The van der Waals surface area contributed by atoms with Crippen molar-refractivity contribution in [3.63, 3.8) is 0 Å². The minimum atomic E-state index is -0.281. The number of H-pyrrole nitrogens is 1. The van der Waals surface area contributed by atoms with Crippen molar-refractivity contribution in [2.75, 3.05) is 0 Å². The molecule has 0 spiro atoms. The Morgan fingerprint density at radius 1 is 1.19 bits per heavy atom. The van der Waals surface area contributed by atoms with Crippen LogP contribution in [0.3, 0.4) is 0 Å². The standard InChI is InChI=1S/C16H14FN3O/c1-11-3-2-4-14(9-11)20-15(18-19-16(20)21)10-12-5-7-13(17)8-6-12/h2-9H,10H2,1H3,(H,19,21). The number of nitrogens with zero attached hydrogens (tertiary/aromatic N) is 2. The Kier molecular flexibility index (Phi) is 3.39. The fourth-order valence-electron chi connectivity index (χ4n) is 2.27. The van der Waals surface area contributed by atoms with Gasteiger partial charge in [0.1, 0.15) is 11.6 Å². The molecule has 0 saturated heterocycles. The van der Waals surface area contributed by atoms with Crippen molar-refractivity contribution in [1.29, 1.82) is 0 Å². The number of benzene rings is 2. The monoisotopic (exact) mass is 283 g/mol. The summed E-state index contributed by atoms with van der Waals surface area (Å²) >= 11 is 0. The van der Waals surface area contributed by atoms with Gasteiger partial charge < -0.3 is 0 Å². The van der Waals surface area contributed by atoms with E-state index in [4.69, 9.17) is 0 Å². The van der Waals surface area contributed by atoms with E-state index in [2.05, 4.69) is 10.2 Å². The van der Waals surface area contributed by atoms with Gasteiger partial charge in [0.05, 0.1) is 5.69 Å². The molecule has 21 heavy (non-hydrogen) atoms. The van der Waals surface area contributed by atoms with Crippen molar-refractivity contribution >= 4 is 0 Å². The van der Waals surface area contributed by atoms with Gasteiger partial charge in [0.15, 0.2) is 0 Å². The Morgan fingerprint density at radius 2 is 1.95 bits per heavy atom. The third-order valence-electron chi connectivity index (χ3n) is 3.28. The molecular formula is C16H14FN3O. The largest absolute Gasteiger partial charge is 0.347 e. The van der Waals surface area contributed by atoms with E-state index >= 15 is 0 Å². The van der Waals surface area contributed by atoms with E-state index in [0.29, 0.717) is 12.2 Å². The van der Waals surface area contributed by atoms with Crippen molar-refractivity contribution in [2.45, 2.75) is 13.3 Å². The summed E-state index contributed by atoms with van der Waals surface area (Å²) in [7, 11) is 0. The van der Waals surface area contributed by atoms with Crippen LogP contribution in [0.25, 0.3) is 5.69 Å². The van der Waals surface area contributed by atoms with Crippen LogP contribution in [0, 0.1) is 12.7 Å². The van der Waals surface area contributed by atoms with Crippen LogP contribution in [-0.2, 0) is 6.42 Å². The minimum absolute atomic E-state index is 0.280. The molecule has 5 heteroatoms. The first-order valence-corrected chi connectivity index (χ1v) is 6.61.